The average molecular weight is 505 g/mol. The quantitative estimate of drug-likeness (QED) is 0.441. The molecule has 0 radical (unpaired) electrons. The summed E-state index contributed by atoms with van der Waals surface area (Å²) in [5.74, 6) is 1.25. The largest absolute Gasteiger partial charge is 0.393 e. The molecule has 2 fully saturated rings. The van der Waals surface area contributed by atoms with Crippen LogP contribution in [0, 0.1) is 5.92 Å². The number of hydrogen-bond donors (Lipinski definition) is 2. The van der Waals surface area contributed by atoms with E-state index in [2.05, 4.69) is 78.0 Å². The Morgan fingerprint density at radius 1 is 1.03 bits per heavy atom. The molecule has 1 aliphatic carbocycles. The molecule has 3 aromatic rings. The highest BCUT2D eigenvalue weighted by Crippen LogP contribution is 2.37. The van der Waals surface area contributed by atoms with Crippen molar-refractivity contribution in [3.63, 3.8) is 0 Å². The molecule has 37 heavy (non-hydrogen) atoms. The van der Waals surface area contributed by atoms with Crippen molar-refractivity contribution in [2.24, 2.45) is 5.92 Å². The molecule has 0 spiro atoms. The Morgan fingerprint density at radius 2 is 1.73 bits per heavy atom. The summed E-state index contributed by atoms with van der Waals surface area (Å²) in [5, 5.41) is 14.7. The molecule has 1 aliphatic heterocycles. The van der Waals surface area contributed by atoms with Gasteiger partial charge in [0.1, 0.15) is 5.65 Å². The molecule has 2 atom stereocenters. The summed E-state index contributed by atoms with van der Waals surface area (Å²) in [6.45, 7) is 12.2. The number of anilines is 1. The number of aromatic nitrogens is 3. The number of rotatable bonds is 8. The number of hydrogen-bond acceptors (Lipinski definition) is 6. The van der Waals surface area contributed by atoms with Gasteiger partial charge >= 0.3 is 0 Å². The molecule has 0 bridgehead atoms. The molecule has 2 unspecified atom stereocenters. The van der Waals surface area contributed by atoms with Gasteiger partial charge in [0.15, 0.2) is 0 Å². The smallest absolute Gasteiger partial charge is 0.224 e. The van der Waals surface area contributed by atoms with Crippen molar-refractivity contribution in [1.29, 1.82) is 0 Å². The zero-order valence-electron chi connectivity index (χ0n) is 23.0. The molecular formula is C30H44N6O. The van der Waals surface area contributed by atoms with Crippen LogP contribution in [0.2, 0.25) is 0 Å². The maximum Gasteiger partial charge on any atom is 0.224 e. The van der Waals surface area contributed by atoms with E-state index in [1.54, 1.807) is 0 Å². The highest BCUT2D eigenvalue weighted by Gasteiger charge is 2.25. The third kappa shape index (κ3) is 6.00. The molecule has 200 valence electrons. The standard InChI is InChI=1S/C30H44N6O/c1-5-21(2)22(3)32-30-31-18-27-28(20-36(29(27)33-30)25-10-12-26(37)13-11-25)24-8-6-23(7-9-24)19-35-16-14-34(4)15-17-35/h6-9,18,20-22,25-26,37H,5,10-17,19H2,1-4H3,(H,31,32,33)/t21?,22?,25-,26-. The third-order valence-electron chi connectivity index (χ3n) is 8.75. The Morgan fingerprint density at radius 3 is 2.41 bits per heavy atom. The lowest BCUT2D eigenvalue weighted by molar-refractivity contribution is 0.111. The van der Waals surface area contributed by atoms with E-state index in [1.165, 1.54) is 16.7 Å². The summed E-state index contributed by atoms with van der Waals surface area (Å²) in [6, 6.07) is 9.73. The third-order valence-corrected chi connectivity index (χ3v) is 8.75. The zero-order chi connectivity index (χ0) is 25.9. The minimum atomic E-state index is -0.173. The van der Waals surface area contributed by atoms with Crippen LogP contribution in [0.5, 0.6) is 0 Å². The molecule has 1 aromatic carbocycles. The average Bonchev–Trinajstić information content (AvgIpc) is 3.29. The fraction of sp³-hybridized carbons (Fsp3) is 0.600. The number of aliphatic hydroxyl groups is 1. The highest BCUT2D eigenvalue weighted by atomic mass is 16.3. The SMILES string of the molecule is CCC(C)C(C)Nc1ncc2c(-c3ccc(CN4CCN(C)CC4)cc3)cn([C@H]3CC[C@H](O)CC3)c2n1. The van der Waals surface area contributed by atoms with Crippen LogP contribution < -0.4 is 5.32 Å². The van der Waals surface area contributed by atoms with Gasteiger partial charge in [-0.2, -0.15) is 4.98 Å². The molecule has 1 saturated carbocycles. The zero-order valence-corrected chi connectivity index (χ0v) is 23.0. The van der Waals surface area contributed by atoms with Crippen molar-refractivity contribution in [3.05, 3.63) is 42.2 Å². The summed E-state index contributed by atoms with van der Waals surface area (Å²) in [6.07, 6.45) is 8.87. The van der Waals surface area contributed by atoms with Gasteiger partial charge in [0.05, 0.1) is 6.10 Å². The van der Waals surface area contributed by atoms with E-state index in [4.69, 9.17) is 9.97 Å². The van der Waals surface area contributed by atoms with E-state index in [1.807, 2.05) is 6.20 Å². The lowest BCUT2D eigenvalue weighted by atomic mass is 9.93. The second kappa shape index (κ2) is 11.5. The van der Waals surface area contributed by atoms with Crippen LogP contribution in [0.1, 0.15) is 64.5 Å². The van der Waals surface area contributed by atoms with E-state index < -0.39 is 0 Å². The topological polar surface area (TPSA) is 69.5 Å². The minimum absolute atomic E-state index is 0.173. The molecule has 0 amide bonds. The Balaban J connectivity index is 1.43. The molecule has 7 nitrogen and oxygen atoms in total. The predicted octanol–water partition coefficient (Wildman–Crippen LogP) is 5.17. The fourth-order valence-corrected chi connectivity index (χ4v) is 5.70. The lowest BCUT2D eigenvalue weighted by Crippen LogP contribution is -2.43. The fourth-order valence-electron chi connectivity index (χ4n) is 5.70. The maximum absolute atomic E-state index is 10.1. The second-order valence-corrected chi connectivity index (χ2v) is 11.4. The number of nitrogens with zero attached hydrogens (tertiary/aromatic N) is 5. The molecule has 1 saturated heterocycles. The van der Waals surface area contributed by atoms with E-state index in [0.717, 1.165) is 75.9 Å². The Hall–Kier alpha value is -2.48. The maximum atomic E-state index is 10.1. The van der Waals surface area contributed by atoms with Gasteiger partial charge in [0.2, 0.25) is 5.95 Å². The van der Waals surface area contributed by atoms with Crippen LogP contribution in [-0.4, -0.2) is 74.8 Å². The van der Waals surface area contributed by atoms with Gasteiger partial charge in [-0.3, -0.25) is 4.90 Å². The van der Waals surface area contributed by atoms with Crippen LogP contribution in [0.3, 0.4) is 0 Å². The molecule has 5 rings (SSSR count). The van der Waals surface area contributed by atoms with Gasteiger partial charge in [-0.05, 0) is 56.7 Å². The Bertz CT molecular complexity index is 1160. The van der Waals surface area contributed by atoms with Crippen LogP contribution >= 0.6 is 0 Å². The van der Waals surface area contributed by atoms with Crippen LogP contribution in [0.15, 0.2) is 36.7 Å². The summed E-state index contributed by atoms with van der Waals surface area (Å²) in [4.78, 5) is 14.7. The van der Waals surface area contributed by atoms with E-state index >= 15 is 0 Å². The lowest BCUT2D eigenvalue weighted by Gasteiger charge is -2.32. The van der Waals surface area contributed by atoms with Crippen molar-refractivity contribution in [2.75, 3.05) is 38.5 Å². The number of benzene rings is 1. The van der Waals surface area contributed by atoms with Gasteiger partial charge < -0.3 is 19.9 Å². The van der Waals surface area contributed by atoms with Crippen molar-refractivity contribution in [1.82, 2.24) is 24.3 Å². The second-order valence-electron chi connectivity index (χ2n) is 11.4. The number of aliphatic hydroxyl groups excluding tert-OH is 1. The number of likely N-dealkylation sites (N-methyl/N-ethyl adjacent to an activating group) is 1. The Labute approximate surface area is 221 Å². The number of piperazine rings is 1. The van der Waals surface area contributed by atoms with Crippen molar-refractivity contribution >= 4 is 17.0 Å². The molecule has 2 aliphatic rings. The van der Waals surface area contributed by atoms with Gasteiger partial charge in [-0.1, -0.05) is 44.5 Å². The molecular weight excluding hydrogens is 460 g/mol. The van der Waals surface area contributed by atoms with Gasteiger partial charge in [-0.25, -0.2) is 4.98 Å². The first-order chi connectivity index (χ1) is 17.9. The predicted molar refractivity (Wildman–Crippen MR) is 152 cm³/mol. The minimum Gasteiger partial charge on any atom is -0.393 e. The highest BCUT2D eigenvalue weighted by molar-refractivity contribution is 5.94. The monoisotopic (exact) mass is 504 g/mol. The first-order valence-corrected chi connectivity index (χ1v) is 14.2. The summed E-state index contributed by atoms with van der Waals surface area (Å²) in [5.41, 5.74) is 4.75. The van der Waals surface area contributed by atoms with Crippen molar-refractivity contribution in [3.8, 4) is 11.1 Å². The van der Waals surface area contributed by atoms with Crippen molar-refractivity contribution < 1.29 is 5.11 Å². The van der Waals surface area contributed by atoms with Crippen LogP contribution in [-0.2, 0) is 6.54 Å². The molecule has 7 heteroatoms. The van der Waals surface area contributed by atoms with Crippen LogP contribution in [0.25, 0.3) is 22.2 Å². The molecule has 3 heterocycles. The van der Waals surface area contributed by atoms with Gasteiger partial charge in [0, 0.05) is 68.2 Å². The first-order valence-electron chi connectivity index (χ1n) is 14.2. The van der Waals surface area contributed by atoms with E-state index in [9.17, 15) is 5.11 Å². The van der Waals surface area contributed by atoms with Crippen LogP contribution in [0.4, 0.5) is 5.95 Å². The normalized spacial score (nSPS) is 23.3. The van der Waals surface area contributed by atoms with Gasteiger partial charge in [0.25, 0.3) is 0 Å². The molecule has 2 aromatic heterocycles. The van der Waals surface area contributed by atoms with Gasteiger partial charge in [-0.15, -0.1) is 0 Å². The summed E-state index contributed by atoms with van der Waals surface area (Å²) < 4.78 is 2.36. The summed E-state index contributed by atoms with van der Waals surface area (Å²) >= 11 is 0. The molecule has 2 N–H and O–H groups in total. The first kappa shape index (κ1) is 26.1. The Kier molecular flexibility index (Phi) is 8.12. The number of nitrogens with one attached hydrogen (secondary N) is 1. The van der Waals surface area contributed by atoms with E-state index in [0.29, 0.717) is 23.9 Å². The number of fused-ring (bicyclic) bond motifs is 1. The van der Waals surface area contributed by atoms with E-state index in [-0.39, 0.29) is 6.10 Å². The summed E-state index contributed by atoms with van der Waals surface area (Å²) in [7, 11) is 2.20. The van der Waals surface area contributed by atoms with Crippen molar-refractivity contribution in [2.45, 2.75) is 77.6 Å².